The lowest BCUT2D eigenvalue weighted by molar-refractivity contribution is -0.118. The summed E-state index contributed by atoms with van der Waals surface area (Å²) in [6.45, 7) is 3.92. The second-order valence-electron chi connectivity index (χ2n) is 6.70. The fraction of sp³-hybridized carbons (Fsp3) is 0.286. The monoisotopic (exact) mass is 398 g/mol. The van der Waals surface area contributed by atoms with E-state index in [1.165, 1.54) is 12.1 Å². The quantitative estimate of drug-likeness (QED) is 0.563. The van der Waals surface area contributed by atoms with Gasteiger partial charge in [0, 0.05) is 19.2 Å². The topological polar surface area (TPSA) is 96.3 Å². The number of amides is 3. The maximum Gasteiger partial charge on any atom is 0.315 e. The first-order chi connectivity index (χ1) is 13.9. The van der Waals surface area contributed by atoms with Gasteiger partial charge in [-0.3, -0.25) is 4.79 Å². The van der Waals surface area contributed by atoms with Crippen molar-refractivity contribution in [2.24, 2.45) is 0 Å². The zero-order valence-corrected chi connectivity index (χ0v) is 16.3. The molecule has 0 saturated carbocycles. The molecule has 1 aromatic heterocycles. The van der Waals surface area contributed by atoms with Gasteiger partial charge >= 0.3 is 6.03 Å². The maximum absolute atomic E-state index is 12.9. The van der Waals surface area contributed by atoms with E-state index in [0.717, 1.165) is 12.0 Å². The van der Waals surface area contributed by atoms with Crippen LogP contribution in [0.4, 0.5) is 14.9 Å². The molecule has 3 N–H and O–H groups in total. The highest BCUT2D eigenvalue weighted by molar-refractivity contribution is 5.98. The number of urea groups is 1. The highest BCUT2D eigenvalue weighted by Crippen LogP contribution is 2.20. The SMILES string of the molecule is CCCC(NC(=O)NCc1ccc(F)cc1)C(=O)Nc1ccc2oc(C)nc2c1. The molecule has 0 bridgehead atoms. The van der Waals surface area contributed by atoms with Gasteiger partial charge < -0.3 is 20.4 Å². The number of aromatic nitrogens is 1. The Balaban J connectivity index is 1.58. The van der Waals surface area contributed by atoms with Crippen molar-refractivity contribution in [3.05, 3.63) is 59.7 Å². The fourth-order valence-electron chi connectivity index (χ4n) is 2.90. The summed E-state index contributed by atoms with van der Waals surface area (Å²) in [5.41, 5.74) is 2.63. The first-order valence-electron chi connectivity index (χ1n) is 9.41. The maximum atomic E-state index is 12.9. The first-order valence-corrected chi connectivity index (χ1v) is 9.41. The average Bonchev–Trinajstić information content (AvgIpc) is 3.06. The van der Waals surface area contributed by atoms with E-state index in [1.807, 2.05) is 6.92 Å². The molecular formula is C21H23FN4O3. The molecule has 1 atom stereocenters. The van der Waals surface area contributed by atoms with Gasteiger partial charge in [0.05, 0.1) is 0 Å². The van der Waals surface area contributed by atoms with Crippen LogP contribution in [0, 0.1) is 12.7 Å². The summed E-state index contributed by atoms with van der Waals surface area (Å²) in [6.07, 6.45) is 1.21. The normalized spacial score (nSPS) is 11.8. The van der Waals surface area contributed by atoms with Gasteiger partial charge in [-0.15, -0.1) is 0 Å². The molecule has 0 aliphatic carbocycles. The third-order valence-corrected chi connectivity index (χ3v) is 4.33. The summed E-state index contributed by atoms with van der Waals surface area (Å²) in [4.78, 5) is 29.1. The summed E-state index contributed by atoms with van der Waals surface area (Å²) < 4.78 is 18.4. The standard InChI is InChI=1S/C21H23FN4O3/c1-3-4-17(26-21(28)23-12-14-5-7-15(22)8-6-14)20(27)25-16-9-10-19-18(11-16)24-13(2)29-19/h5-11,17H,3-4,12H2,1-2H3,(H,25,27)(H2,23,26,28). The number of carbonyl (C=O) groups excluding carboxylic acids is 2. The summed E-state index contributed by atoms with van der Waals surface area (Å²) in [5.74, 6) is -0.105. The second kappa shape index (κ2) is 9.18. The van der Waals surface area contributed by atoms with E-state index in [1.54, 1.807) is 37.3 Å². The van der Waals surface area contributed by atoms with Crippen LogP contribution < -0.4 is 16.0 Å². The van der Waals surface area contributed by atoms with Gasteiger partial charge in [-0.25, -0.2) is 14.2 Å². The van der Waals surface area contributed by atoms with E-state index in [0.29, 0.717) is 29.1 Å². The van der Waals surface area contributed by atoms with Crippen LogP contribution in [0.1, 0.15) is 31.2 Å². The lowest BCUT2D eigenvalue weighted by Gasteiger charge is -2.18. The molecule has 1 unspecified atom stereocenters. The number of benzene rings is 2. The van der Waals surface area contributed by atoms with E-state index >= 15 is 0 Å². The van der Waals surface area contributed by atoms with Gasteiger partial charge in [-0.2, -0.15) is 0 Å². The minimum Gasteiger partial charge on any atom is -0.441 e. The molecule has 7 nitrogen and oxygen atoms in total. The molecular weight excluding hydrogens is 375 g/mol. The summed E-state index contributed by atoms with van der Waals surface area (Å²) in [6, 6.07) is 9.87. The number of halogens is 1. The highest BCUT2D eigenvalue weighted by atomic mass is 19.1. The Morgan fingerprint density at radius 2 is 1.93 bits per heavy atom. The third kappa shape index (κ3) is 5.54. The fourth-order valence-corrected chi connectivity index (χ4v) is 2.90. The summed E-state index contributed by atoms with van der Waals surface area (Å²) >= 11 is 0. The van der Waals surface area contributed by atoms with Crippen molar-refractivity contribution >= 4 is 28.7 Å². The zero-order valence-electron chi connectivity index (χ0n) is 16.3. The number of oxazole rings is 1. The van der Waals surface area contributed by atoms with E-state index in [2.05, 4.69) is 20.9 Å². The summed E-state index contributed by atoms with van der Waals surface area (Å²) in [7, 11) is 0. The molecule has 1 heterocycles. The van der Waals surface area contributed by atoms with Crippen molar-refractivity contribution in [1.29, 1.82) is 0 Å². The Morgan fingerprint density at radius 3 is 2.66 bits per heavy atom. The smallest absolute Gasteiger partial charge is 0.315 e. The Morgan fingerprint density at radius 1 is 1.17 bits per heavy atom. The summed E-state index contributed by atoms with van der Waals surface area (Å²) in [5, 5.41) is 8.18. The van der Waals surface area contributed by atoms with E-state index in [9.17, 15) is 14.0 Å². The molecule has 29 heavy (non-hydrogen) atoms. The molecule has 0 saturated heterocycles. The Kier molecular flexibility index (Phi) is 6.43. The largest absolute Gasteiger partial charge is 0.441 e. The van der Waals surface area contributed by atoms with Crippen LogP contribution in [-0.4, -0.2) is 23.0 Å². The van der Waals surface area contributed by atoms with Crippen molar-refractivity contribution in [1.82, 2.24) is 15.6 Å². The number of carbonyl (C=O) groups is 2. The Bertz CT molecular complexity index is 1000. The molecule has 0 aliphatic heterocycles. The third-order valence-electron chi connectivity index (χ3n) is 4.33. The number of hydrogen-bond donors (Lipinski definition) is 3. The molecule has 3 rings (SSSR count). The molecule has 3 aromatic rings. The zero-order chi connectivity index (χ0) is 20.8. The number of nitrogens with zero attached hydrogens (tertiary/aromatic N) is 1. The minimum absolute atomic E-state index is 0.231. The van der Waals surface area contributed by atoms with Crippen molar-refractivity contribution in [2.75, 3.05) is 5.32 Å². The molecule has 2 aromatic carbocycles. The molecule has 0 spiro atoms. The molecule has 3 amide bonds. The number of anilines is 1. The number of hydrogen-bond acceptors (Lipinski definition) is 4. The number of aryl methyl sites for hydroxylation is 1. The van der Waals surface area contributed by atoms with Crippen LogP contribution in [0.2, 0.25) is 0 Å². The van der Waals surface area contributed by atoms with Gasteiger partial charge in [0.1, 0.15) is 17.4 Å². The predicted octanol–water partition coefficient (Wildman–Crippen LogP) is 3.88. The first kappa shape index (κ1) is 20.3. The van der Waals surface area contributed by atoms with Gasteiger partial charge in [-0.1, -0.05) is 25.5 Å². The Hall–Kier alpha value is -3.42. The van der Waals surface area contributed by atoms with Crippen molar-refractivity contribution in [3.63, 3.8) is 0 Å². The number of fused-ring (bicyclic) bond motifs is 1. The lowest BCUT2D eigenvalue weighted by atomic mass is 10.1. The van der Waals surface area contributed by atoms with Crippen LogP contribution in [-0.2, 0) is 11.3 Å². The van der Waals surface area contributed by atoms with Crippen LogP contribution >= 0.6 is 0 Å². The van der Waals surface area contributed by atoms with E-state index < -0.39 is 12.1 Å². The van der Waals surface area contributed by atoms with Crippen LogP contribution in [0.5, 0.6) is 0 Å². The van der Waals surface area contributed by atoms with Crippen molar-refractivity contribution in [3.8, 4) is 0 Å². The predicted molar refractivity (Wildman–Crippen MR) is 108 cm³/mol. The highest BCUT2D eigenvalue weighted by Gasteiger charge is 2.20. The van der Waals surface area contributed by atoms with Crippen LogP contribution in [0.3, 0.4) is 0 Å². The van der Waals surface area contributed by atoms with Gasteiger partial charge in [0.2, 0.25) is 5.91 Å². The Labute approximate surface area is 167 Å². The van der Waals surface area contributed by atoms with Crippen LogP contribution in [0.15, 0.2) is 46.9 Å². The average molecular weight is 398 g/mol. The molecule has 152 valence electrons. The van der Waals surface area contributed by atoms with E-state index in [-0.39, 0.29) is 18.3 Å². The van der Waals surface area contributed by atoms with Crippen molar-refractivity contribution < 1.29 is 18.4 Å². The van der Waals surface area contributed by atoms with Gasteiger partial charge in [0.25, 0.3) is 0 Å². The lowest BCUT2D eigenvalue weighted by Crippen LogP contribution is -2.47. The van der Waals surface area contributed by atoms with Gasteiger partial charge in [0.15, 0.2) is 11.5 Å². The van der Waals surface area contributed by atoms with E-state index in [4.69, 9.17) is 4.42 Å². The molecule has 8 heteroatoms. The molecule has 0 fully saturated rings. The van der Waals surface area contributed by atoms with Crippen molar-refractivity contribution in [2.45, 2.75) is 39.3 Å². The number of rotatable bonds is 7. The minimum atomic E-state index is -0.692. The second-order valence-corrected chi connectivity index (χ2v) is 6.70. The molecule has 0 aliphatic rings. The van der Waals surface area contributed by atoms with Gasteiger partial charge in [-0.05, 0) is 42.3 Å². The number of nitrogens with one attached hydrogen (secondary N) is 3. The molecule has 0 radical (unpaired) electrons. The van der Waals surface area contributed by atoms with Crippen LogP contribution in [0.25, 0.3) is 11.1 Å².